The van der Waals surface area contributed by atoms with Gasteiger partial charge >= 0.3 is 17.9 Å². The zero-order valence-electron chi connectivity index (χ0n) is 13.1. The highest BCUT2D eigenvalue weighted by Crippen LogP contribution is 2.34. The number of halogens is 1. The van der Waals surface area contributed by atoms with Gasteiger partial charge < -0.3 is 14.6 Å². The predicted molar refractivity (Wildman–Crippen MR) is 85.7 cm³/mol. The first-order chi connectivity index (χ1) is 11.2. The number of esters is 2. The van der Waals surface area contributed by atoms with Crippen LogP contribution in [0.25, 0.3) is 0 Å². The number of carbonyl (C=O) groups excluding carboxylic acids is 2. The van der Waals surface area contributed by atoms with Crippen LogP contribution in [0.4, 0.5) is 0 Å². The molecule has 0 bridgehead atoms. The molecular formula is C17H17ClO6. The highest BCUT2D eigenvalue weighted by Gasteiger charge is 2.36. The summed E-state index contributed by atoms with van der Waals surface area (Å²) in [6.45, 7) is 4.47. The van der Waals surface area contributed by atoms with Gasteiger partial charge in [-0.2, -0.15) is 0 Å². The summed E-state index contributed by atoms with van der Waals surface area (Å²) < 4.78 is 9.97. The Morgan fingerprint density at radius 2 is 1.96 bits per heavy atom. The number of hydrogen-bond donors (Lipinski definition) is 1. The lowest BCUT2D eigenvalue weighted by atomic mass is 10.0. The van der Waals surface area contributed by atoms with E-state index in [0.29, 0.717) is 17.9 Å². The number of ether oxygens (including phenoxy) is 2. The molecule has 1 aromatic carbocycles. The molecular weight excluding hydrogens is 336 g/mol. The van der Waals surface area contributed by atoms with Crippen LogP contribution < -0.4 is 0 Å². The Morgan fingerprint density at radius 1 is 1.29 bits per heavy atom. The molecule has 6 nitrogen and oxygen atoms in total. The van der Waals surface area contributed by atoms with Crippen LogP contribution in [0.2, 0.25) is 5.02 Å². The summed E-state index contributed by atoms with van der Waals surface area (Å²) in [6.07, 6.45) is 0.733. The average molecular weight is 353 g/mol. The van der Waals surface area contributed by atoms with Gasteiger partial charge in [0.2, 0.25) is 0 Å². The molecule has 0 fully saturated rings. The van der Waals surface area contributed by atoms with Crippen LogP contribution in [-0.2, 0) is 36.7 Å². The lowest BCUT2D eigenvalue weighted by molar-refractivity contribution is -0.158. The molecule has 1 aromatic rings. The van der Waals surface area contributed by atoms with E-state index >= 15 is 0 Å². The molecule has 7 heteroatoms. The minimum Gasteiger partial charge on any atom is -0.479 e. The highest BCUT2D eigenvalue weighted by atomic mass is 35.5. The number of carboxylic acid groups (broad SMARTS) is 1. The molecule has 1 aliphatic rings. The van der Waals surface area contributed by atoms with Gasteiger partial charge in [-0.05, 0) is 30.2 Å². The van der Waals surface area contributed by atoms with E-state index in [1.807, 2.05) is 19.1 Å². The second-order valence-electron chi connectivity index (χ2n) is 5.94. The Kier molecular flexibility index (Phi) is 5.29. The van der Waals surface area contributed by atoms with Gasteiger partial charge in [-0.1, -0.05) is 24.2 Å². The second kappa shape index (κ2) is 7.05. The van der Waals surface area contributed by atoms with E-state index in [0.717, 1.165) is 11.1 Å². The van der Waals surface area contributed by atoms with E-state index in [9.17, 15) is 14.4 Å². The first-order valence-corrected chi connectivity index (χ1v) is 7.62. The zero-order chi connectivity index (χ0) is 17.9. The van der Waals surface area contributed by atoms with Crippen molar-refractivity contribution >= 4 is 29.5 Å². The molecule has 0 heterocycles. The smallest absolute Gasteiger partial charge is 0.341 e. The molecule has 1 N–H and O–H groups in total. The zero-order valence-corrected chi connectivity index (χ0v) is 13.9. The van der Waals surface area contributed by atoms with Gasteiger partial charge in [0.15, 0.2) is 6.61 Å². The standard InChI is InChI=1S/C17H17ClO6/c1-10(16(22)23-9-14(19)20)5-15(21)24-17(2)7-11-3-4-13(18)6-12(11)8-17/h3-4,6H,1,5,7-9H2,2H3,(H,19,20). The molecule has 0 saturated carbocycles. The third-order valence-electron chi connectivity index (χ3n) is 3.63. The van der Waals surface area contributed by atoms with Crippen molar-refractivity contribution in [2.24, 2.45) is 0 Å². The molecule has 0 saturated heterocycles. The summed E-state index contributed by atoms with van der Waals surface area (Å²) in [5, 5.41) is 9.07. The third kappa shape index (κ3) is 4.58. The predicted octanol–water partition coefficient (Wildman–Crippen LogP) is 2.31. The lowest BCUT2D eigenvalue weighted by Crippen LogP contribution is -2.32. The van der Waals surface area contributed by atoms with E-state index in [4.69, 9.17) is 21.4 Å². The van der Waals surface area contributed by atoms with Gasteiger partial charge in [0.1, 0.15) is 5.60 Å². The summed E-state index contributed by atoms with van der Waals surface area (Å²) in [6, 6.07) is 5.53. The normalized spacial score (nSPS) is 18.6. The Morgan fingerprint density at radius 3 is 2.62 bits per heavy atom. The van der Waals surface area contributed by atoms with Gasteiger partial charge in [-0.15, -0.1) is 0 Å². The van der Waals surface area contributed by atoms with Gasteiger partial charge in [0.25, 0.3) is 0 Å². The summed E-state index contributed by atoms with van der Waals surface area (Å²) in [7, 11) is 0. The summed E-state index contributed by atoms with van der Waals surface area (Å²) in [5.41, 5.74) is 1.23. The monoisotopic (exact) mass is 352 g/mol. The van der Waals surface area contributed by atoms with Crippen molar-refractivity contribution in [2.45, 2.75) is 31.8 Å². The Bertz CT molecular complexity index is 711. The molecule has 2 rings (SSSR count). The number of fused-ring (bicyclic) bond motifs is 1. The minimum absolute atomic E-state index is 0.150. The molecule has 1 unspecified atom stereocenters. The van der Waals surface area contributed by atoms with Crippen LogP contribution in [0.3, 0.4) is 0 Å². The number of benzene rings is 1. The van der Waals surface area contributed by atoms with E-state index in [2.05, 4.69) is 11.3 Å². The maximum atomic E-state index is 12.0. The van der Waals surface area contributed by atoms with Crippen molar-refractivity contribution in [3.05, 3.63) is 46.5 Å². The average Bonchev–Trinajstić information content (AvgIpc) is 2.78. The second-order valence-corrected chi connectivity index (χ2v) is 6.38. The summed E-state index contributed by atoms with van der Waals surface area (Å²) in [4.78, 5) is 33.9. The molecule has 0 aromatic heterocycles. The fourth-order valence-electron chi connectivity index (χ4n) is 2.66. The molecule has 1 atom stereocenters. The maximum absolute atomic E-state index is 12.0. The number of rotatable bonds is 6. The van der Waals surface area contributed by atoms with Crippen LogP contribution in [-0.4, -0.2) is 35.2 Å². The lowest BCUT2D eigenvalue weighted by Gasteiger charge is -2.24. The minimum atomic E-state index is -1.28. The van der Waals surface area contributed by atoms with Crippen LogP contribution in [0.1, 0.15) is 24.5 Å². The van der Waals surface area contributed by atoms with E-state index in [-0.39, 0.29) is 12.0 Å². The van der Waals surface area contributed by atoms with Crippen molar-refractivity contribution in [3.8, 4) is 0 Å². The number of hydrogen-bond acceptors (Lipinski definition) is 5. The first-order valence-electron chi connectivity index (χ1n) is 7.24. The Labute approximate surface area is 144 Å². The van der Waals surface area contributed by atoms with E-state index in [1.54, 1.807) is 6.07 Å². The van der Waals surface area contributed by atoms with Gasteiger partial charge in [0, 0.05) is 23.4 Å². The number of carboxylic acids is 1. The molecule has 24 heavy (non-hydrogen) atoms. The molecule has 0 radical (unpaired) electrons. The topological polar surface area (TPSA) is 89.9 Å². The van der Waals surface area contributed by atoms with Gasteiger partial charge in [0.05, 0.1) is 6.42 Å². The van der Waals surface area contributed by atoms with Crippen LogP contribution in [0.5, 0.6) is 0 Å². The van der Waals surface area contributed by atoms with Crippen molar-refractivity contribution < 1.29 is 29.0 Å². The van der Waals surface area contributed by atoms with Crippen LogP contribution in [0.15, 0.2) is 30.4 Å². The van der Waals surface area contributed by atoms with Gasteiger partial charge in [-0.3, -0.25) is 4.79 Å². The van der Waals surface area contributed by atoms with Gasteiger partial charge in [-0.25, -0.2) is 9.59 Å². The first kappa shape index (κ1) is 18.0. The Balaban J connectivity index is 1.90. The fourth-order valence-corrected chi connectivity index (χ4v) is 2.85. The SMILES string of the molecule is C=C(CC(=O)OC1(C)Cc2ccc(Cl)cc2C1)C(=O)OCC(=O)O. The largest absolute Gasteiger partial charge is 0.479 e. The van der Waals surface area contributed by atoms with Crippen LogP contribution in [0, 0.1) is 0 Å². The van der Waals surface area contributed by atoms with Crippen molar-refractivity contribution in [1.82, 2.24) is 0 Å². The maximum Gasteiger partial charge on any atom is 0.341 e. The highest BCUT2D eigenvalue weighted by molar-refractivity contribution is 6.30. The number of carbonyl (C=O) groups is 3. The molecule has 1 aliphatic carbocycles. The quantitative estimate of drug-likeness (QED) is 0.624. The van der Waals surface area contributed by atoms with Crippen molar-refractivity contribution in [3.63, 3.8) is 0 Å². The molecule has 0 spiro atoms. The van der Waals surface area contributed by atoms with E-state index < -0.39 is 30.1 Å². The van der Waals surface area contributed by atoms with Crippen molar-refractivity contribution in [1.29, 1.82) is 0 Å². The fraction of sp³-hybridized carbons (Fsp3) is 0.353. The molecule has 128 valence electrons. The van der Waals surface area contributed by atoms with E-state index in [1.165, 1.54) is 0 Å². The van der Waals surface area contributed by atoms with Crippen LogP contribution >= 0.6 is 11.6 Å². The summed E-state index contributed by atoms with van der Waals surface area (Å²) in [5.74, 6) is -2.83. The van der Waals surface area contributed by atoms with Crippen molar-refractivity contribution in [2.75, 3.05) is 6.61 Å². The Hall–Kier alpha value is -2.34. The molecule has 0 amide bonds. The molecule has 0 aliphatic heterocycles. The summed E-state index contributed by atoms with van der Waals surface area (Å²) >= 11 is 5.97. The third-order valence-corrected chi connectivity index (χ3v) is 3.87. The number of aliphatic carboxylic acids is 1.